The lowest BCUT2D eigenvalue weighted by Gasteiger charge is -2.14. The van der Waals surface area contributed by atoms with E-state index in [0.29, 0.717) is 25.9 Å². The highest BCUT2D eigenvalue weighted by atomic mass is 19.1. The molecular formula is C16H21FN2O3. The minimum atomic E-state index is -0.535. The summed E-state index contributed by atoms with van der Waals surface area (Å²) >= 11 is 0. The second kappa shape index (κ2) is 7.89. The molecule has 0 bridgehead atoms. The van der Waals surface area contributed by atoms with Crippen molar-refractivity contribution in [1.82, 2.24) is 10.6 Å². The van der Waals surface area contributed by atoms with Crippen molar-refractivity contribution in [2.24, 2.45) is 5.92 Å². The average molecular weight is 308 g/mol. The van der Waals surface area contributed by atoms with Crippen LogP contribution in [-0.2, 0) is 4.79 Å². The maximum absolute atomic E-state index is 13.0. The highest BCUT2D eigenvalue weighted by Gasteiger charge is 2.30. The molecule has 1 aliphatic rings. The zero-order chi connectivity index (χ0) is 15.9. The highest BCUT2D eigenvalue weighted by Crippen LogP contribution is 2.25. The third-order valence-electron chi connectivity index (χ3n) is 3.84. The van der Waals surface area contributed by atoms with Crippen molar-refractivity contribution in [1.29, 1.82) is 0 Å². The molecule has 1 aliphatic carbocycles. The Morgan fingerprint density at radius 3 is 2.68 bits per heavy atom. The summed E-state index contributed by atoms with van der Waals surface area (Å²) in [6.45, 7) is 0.828. The van der Waals surface area contributed by atoms with Crippen LogP contribution in [-0.4, -0.2) is 36.1 Å². The second-order valence-corrected chi connectivity index (χ2v) is 5.52. The Kier molecular flexibility index (Phi) is 5.89. The Hall–Kier alpha value is -1.95. The van der Waals surface area contributed by atoms with E-state index < -0.39 is 11.9 Å². The zero-order valence-electron chi connectivity index (χ0n) is 12.3. The summed E-state index contributed by atoms with van der Waals surface area (Å²) in [7, 11) is 0. The second-order valence-electron chi connectivity index (χ2n) is 5.52. The Morgan fingerprint density at radius 1 is 1.23 bits per heavy atom. The number of carbonyl (C=O) groups excluding carboxylic acids is 2. The van der Waals surface area contributed by atoms with Gasteiger partial charge >= 0.3 is 0 Å². The van der Waals surface area contributed by atoms with Crippen LogP contribution in [0.5, 0.6) is 0 Å². The van der Waals surface area contributed by atoms with E-state index in [2.05, 4.69) is 10.6 Å². The standard InChI is InChI=1S/C16H21FN2O3/c17-12-5-1-4-11(10-12)15(21)18-8-3-9-19-16(22)13-6-2-7-14(13)20/h1,4-5,10,13-14,20H,2-3,6-9H2,(H,18,21)(H,19,22). The first-order valence-corrected chi connectivity index (χ1v) is 7.57. The van der Waals surface area contributed by atoms with Crippen LogP contribution < -0.4 is 10.6 Å². The summed E-state index contributed by atoms with van der Waals surface area (Å²) in [6, 6.07) is 5.49. The van der Waals surface area contributed by atoms with Crippen molar-refractivity contribution < 1.29 is 19.1 Å². The van der Waals surface area contributed by atoms with E-state index in [-0.39, 0.29) is 23.3 Å². The SMILES string of the molecule is O=C(NCCCNC(=O)C1CCCC1O)c1cccc(F)c1. The molecule has 2 atom stereocenters. The molecule has 0 radical (unpaired) electrons. The molecule has 6 heteroatoms. The molecule has 5 nitrogen and oxygen atoms in total. The largest absolute Gasteiger partial charge is 0.392 e. The molecule has 2 unspecified atom stereocenters. The number of hydrogen-bond acceptors (Lipinski definition) is 3. The third-order valence-corrected chi connectivity index (χ3v) is 3.84. The number of aliphatic hydroxyl groups excluding tert-OH is 1. The summed E-state index contributed by atoms with van der Waals surface area (Å²) < 4.78 is 13.0. The normalized spacial score (nSPS) is 20.6. The van der Waals surface area contributed by atoms with Gasteiger partial charge in [-0.1, -0.05) is 6.07 Å². The smallest absolute Gasteiger partial charge is 0.251 e. The first kappa shape index (κ1) is 16.4. The molecule has 3 N–H and O–H groups in total. The number of halogens is 1. The van der Waals surface area contributed by atoms with Gasteiger partial charge in [0, 0.05) is 18.7 Å². The first-order valence-electron chi connectivity index (χ1n) is 7.57. The van der Waals surface area contributed by atoms with E-state index in [1.807, 2.05) is 0 Å². The lowest BCUT2D eigenvalue weighted by molar-refractivity contribution is -0.127. The molecule has 1 saturated carbocycles. The van der Waals surface area contributed by atoms with E-state index in [1.165, 1.54) is 18.2 Å². The molecular weight excluding hydrogens is 287 g/mol. The molecule has 0 aliphatic heterocycles. The van der Waals surface area contributed by atoms with Gasteiger partial charge in [-0.25, -0.2) is 4.39 Å². The molecule has 120 valence electrons. The predicted molar refractivity (Wildman–Crippen MR) is 79.7 cm³/mol. The molecule has 2 amide bonds. The maximum atomic E-state index is 13.0. The minimum Gasteiger partial charge on any atom is -0.392 e. The summed E-state index contributed by atoms with van der Waals surface area (Å²) in [5, 5.41) is 15.1. The maximum Gasteiger partial charge on any atom is 0.251 e. The van der Waals surface area contributed by atoms with Crippen LogP contribution in [0.2, 0.25) is 0 Å². The fourth-order valence-corrected chi connectivity index (χ4v) is 2.61. The summed E-state index contributed by atoms with van der Waals surface area (Å²) in [5.41, 5.74) is 0.276. The number of amides is 2. The van der Waals surface area contributed by atoms with Crippen molar-refractivity contribution in [3.05, 3.63) is 35.6 Å². The Morgan fingerprint density at radius 2 is 2.00 bits per heavy atom. The number of rotatable bonds is 6. The summed E-state index contributed by atoms with van der Waals surface area (Å²) in [4.78, 5) is 23.6. The van der Waals surface area contributed by atoms with E-state index in [4.69, 9.17) is 0 Å². The molecule has 0 heterocycles. The van der Waals surface area contributed by atoms with E-state index in [1.54, 1.807) is 6.07 Å². The van der Waals surface area contributed by atoms with Crippen LogP contribution in [0.25, 0.3) is 0 Å². The Bertz CT molecular complexity index is 536. The lowest BCUT2D eigenvalue weighted by atomic mass is 10.1. The van der Waals surface area contributed by atoms with Gasteiger partial charge in [0.1, 0.15) is 5.82 Å². The number of nitrogens with one attached hydrogen (secondary N) is 2. The van der Waals surface area contributed by atoms with Crippen LogP contribution in [0.1, 0.15) is 36.0 Å². The van der Waals surface area contributed by atoms with Crippen molar-refractivity contribution >= 4 is 11.8 Å². The average Bonchev–Trinajstić information content (AvgIpc) is 2.92. The van der Waals surface area contributed by atoms with Crippen molar-refractivity contribution in [3.8, 4) is 0 Å². The first-order chi connectivity index (χ1) is 10.6. The van der Waals surface area contributed by atoms with Crippen LogP contribution in [0, 0.1) is 11.7 Å². The lowest BCUT2D eigenvalue weighted by Crippen LogP contribution is -2.36. The van der Waals surface area contributed by atoms with Gasteiger partial charge in [0.05, 0.1) is 12.0 Å². The highest BCUT2D eigenvalue weighted by molar-refractivity contribution is 5.94. The number of carbonyl (C=O) groups is 2. The zero-order valence-corrected chi connectivity index (χ0v) is 12.3. The number of aliphatic hydroxyl groups is 1. The third kappa shape index (κ3) is 4.53. The van der Waals surface area contributed by atoms with Gasteiger partial charge in [-0.05, 0) is 43.9 Å². The van der Waals surface area contributed by atoms with E-state index in [9.17, 15) is 19.1 Å². The van der Waals surface area contributed by atoms with Gasteiger partial charge < -0.3 is 15.7 Å². The fourth-order valence-electron chi connectivity index (χ4n) is 2.61. The van der Waals surface area contributed by atoms with Gasteiger partial charge in [0.2, 0.25) is 5.91 Å². The van der Waals surface area contributed by atoms with E-state index in [0.717, 1.165) is 12.8 Å². The summed E-state index contributed by atoms with van der Waals surface area (Å²) in [5.74, 6) is -1.21. The van der Waals surface area contributed by atoms with Gasteiger partial charge in [-0.15, -0.1) is 0 Å². The van der Waals surface area contributed by atoms with Gasteiger partial charge in [0.15, 0.2) is 0 Å². The van der Waals surface area contributed by atoms with Gasteiger partial charge in [0.25, 0.3) is 5.91 Å². The predicted octanol–water partition coefficient (Wildman–Crippen LogP) is 1.22. The van der Waals surface area contributed by atoms with E-state index >= 15 is 0 Å². The van der Waals surface area contributed by atoms with Crippen molar-refractivity contribution in [2.75, 3.05) is 13.1 Å². The minimum absolute atomic E-state index is 0.124. The molecule has 1 aromatic rings. The van der Waals surface area contributed by atoms with Crippen molar-refractivity contribution in [3.63, 3.8) is 0 Å². The molecule has 1 fully saturated rings. The topological polar surface area (TPSA) is 78.4 Å². The molecule has 0 spiro atoms. The number of hydrogen-bond donors (Lipinski definition) is 3. The molecule has 0 saturated heterocycles. The molecule has 0 aromatic heterocycles. The van der Waals surface area contributed by atoms with Gasteiger partial charge in [-0.3, -0.25) is 9.59 Å². The molecule has 2 rings (SSSR count). The molecule has 22 heavy (non-hydrogen) atoms. The fraction of sp³-hybridized carbons (Fsp3) is 0.500. The summed E-state index contributed by atoms with van der Waals surface area (Å²) in [6.07, 6.45) is 2.33. The van der Waals surface area contributed by atoms with Crippen molar-refractivity contribution in [2.45, 2.75) is 31.8 Å². The Labute approximate surface area is 128 Å². The monoisotopic (exact) mass is 308 g/mol. The quantitative estimate of drug-likeness (QED) is 0.692. The van der Waals surface area contributed by atoms with Crippen LogP contribution >= 0.6 is 0 Å². The number of benzene rings is 1. The van der Waals surface area contributed by atoms with Crippen LogP contribution in [0.3, 0.4) is 0 Å². The Balaban J connectivity index is 1.63. The molecule has 1 aromatic carbocycles. The van der Waals surface area contributed by atoms with Crippen LogP contribution in [0.4, 0.5) is 4.39 Å². The van der Waals surface area contributed by atoms with Crippen LogP contribution in [0.15, 0.2) is 24.3 Å². The van der Waals surface area contributed by atoms with Gasteiger partial charge in [-0.2, -0.15) is 0 Å².